The van der Waals surface area contributed by atoms with Gasteiger partial charge in [0.05, 0.1) is 15.9 Å². The molecule has 1 heterocycles. The summed E-state index contributed by atoms with van der Waals surface area (Å²) in [6, 6.07) is 28.8. The second-order valence-electron chi connectivity index (χ2n) is 8.68. The summed E-state index contributed by atoms with van der Waals surface area (Å²) in [4.78, 5) is 18.6. The van der Waals surface area contributed by atoms with E-state index in [1.54, 1.807) is 0 Å². The van der Waals surface area contributed by atoms with E-state index in [2.05, 4.69) is 62.5 Å². The van der Waals surface area contributed by atoms with Crippen molar-refractivity contribution in [2.45, 2.75) is 17.9 Å². The quantitative estimate of drug-likeness (QED) is 0.183. The van der Waals surface area contributed by atoms with Crippen molar-refractivity contribution >= 4 is 38.2 Å². The lowest BCUT2D eigenvalue weighted by Crippen LogP contribution is -2.15. The van der Waals surface area contributed by atoms with E-state index in [4.69, 9.17) is 0 Å². The maximum atomic E-state index is 12.7. The molecule has 1 atom stereocenters. The minimum atomic E-state index is -4.08. The molecule has 4 aromatic carbocycles. The first-order valence-corrected chi connectivity index (χ1v) is 13.2. The zero-order chi connectivity index (χ0) is 26.7. The van der Waals surface area contributed by atoms with E-state index < -0.39 is 14.9 Å². The zero-order valence-corrected chi connectivity index (χ0v) is 21.1. The number of anilines is 2. The van der Waals surface area contributed by atoms with Crippen LogP contribution in [0, 0.1) is 10.1 Å². The molecule has 0 aliphatic heterocycles. The van der Waals surface area contributed by atoms with E-state index in [1.165, 1.54) is 41.2 Å². The standard InChI is InChI=1S/C28H23N5O4S/c1-19(20-9-11-22(12-10-20)24-14-13-21-5-2-3-6-23(21)17-24)30-28-29-16-15-27(31-28)32-38(36,37)26-8-4-7-25(18-26)33(34)35/h2-19H,1H3,(H2,29,30,31,32). The summed E-state index contributed by atoms with van der Waals surface area (Å²) in [5.41, 5.74) is 2.91. The van der Waals surface area contributed by atoms with Crippen LogP contribution in [0.2, 0.25) is 0 Å². The Labute approximate surface area is 219 Å². The predicted octanol–water partition coefficient (Wildman–Crippen LogP) is 6.18. The Morgan fingerprint density at radius 3 is 2.34 bits per heavy atom. The molecule has 38 heavy (non-hydrogen) atoms. The van der Waals surface area contributed by atoms with Crippen LogP contribution in [0.15, 0.2) is 108 Å². The zero-order valence-electron chi connectivity index (χ0n) is 20.3. The highest BCUT2D eigenvalue weighted by Crippen LogP contribution is 2.27. The van der Waals surface area contributed by atoms with E-state index in [-0.39, 0.29) is 28.4 Å². The van der Waals surface area contributed by atoms with Crippen LogP contribution in [-0.2, 0) is 10.0 Å². The van der Waals surface area contributed by atoms with E-state index in [1.807, 2.05) is 31.2 Å². The van der Waals surface area contributed by atoms with Crippen molar-refractivity contribution in [2.75, 3.05) is 10.0 Å². The normalized spacial score (nSPS) is 12.1. The second-order valence-corrected chi connectivity index (χ2v) is 10.4. The van der Waals surface area contributed by atoms with Crippen molar-refractivity contribution in [3.63, 3.8) is 0 Å². The first-order valence-electron chi connectivity index (χ1n) is 11.7. The molecule has 190 valence electrons. The molecule has 1 unspecified atom stereocenters. The van der Waals surface area contributed by atoms with Crippen molar-refractivity contribution in [1.29, 1.82) is 0 Å². The van der Waals surface area contributed by atoms with Crippen LogP contribution < -0.4 is 10.0 Å². The highest BCUT2D eigenvalue weighted by Gasteiger charge is 2.19. The molecule has 10 heteroatoms. The number of benzene rings is 4. The van der Waals surface area contributed by atoms with Gasteiger partial charge >= 0.3 is 0 Å². The molecule has 5 rings (SSSR count). The van der Waals surface area contributed by atoms with Gasteiger partial charge in [-0.05, 0) is 52.6 Å². The molecule has 0 amide bonds. The number of sulfonamides is 1. The van der Waals surface area contributed by atoms with Crippen molar-refractivity contribution in [1.82, 2.24) is 9.97 Å². The number of nitrogens with one attached hydrogen (secondary N) is 2. The van der Waals surface area contributed by atoms with Gasteiger partial charge < -0.3 is 5.32 Å². The van der Waals surface area contributed by atoms with E-state index in [0.29, 0.717) is 0 Å². The molecule has 0 aliphatic rings. The van der Waals surface area contributed by atoms with E-state index >= 15 is 0 Å². The van der Waals surface area contributed by atoms with E-state index in [0.717, 1.165) is 22.8 Å². The molecule has 0 spiro atoms. The number of non-ortho nitro benzene ring substituents is 1. The SMILES string of the molecule is CC(Nc1nccc(NS(=O)(=O)c2cccc([N+](=O)[O-])c2)n1)c1ccc(-c2ccc3ccccc3c2)cc1. The molecule has 0 aliphatic carbocycles. The summed E-state index contributed by atoms with van der Waals surface area (Å²) in [5, 5.41) is 16.6. The van der Waals surface area contributed by atoms with Crippen LogP contribution in [0.25, 0.3) is 21.9 Å². The van der Waals surface area contributed by atoms with Crippen molar-refractivity contribution in [3.8, 4) is 11.1 Å². The summed E-state index contributed by atoms with van der Waals surface area (Å²) in [5.74, 6) is 0.267. The van der Waals surface area contributed by atoms with Gasteiger partial charge in [-0.15, -0.1) is 0 Å². The molecule has 0 bridgehead atoms. The van der Waals surface area contributed by atoms with Gasteiger partial charge in [-0.25, -0.2) is 13.4 Å². The number of hydrogen-bond donors (Lipinski definition) is 2. The van der Waals surface area contributed by atoms with Crippen LogP contribution in [0.5, 0.6) is 0 Å². The first-order chi connectivity index (χ1) is 18.3. The van der Waals surface area contributed by atoms with Gasteiger partial charge in [0, 0.05) is 18.3 Å². The molecule has 0 radical (unpaired) electrons. The lowest BCUT2D eigenvalue weighted by Gasteiger charge is -2.16. The molecule has 2 N–H and O–H groups in total. The van der Waals surface area contributed by atoms with Gasteiger partial charge in [-0.2, -0.15) is 4.98 Å². The maximum Gasteiger partial charge on any atom is 0.270 e. The van der Waals surface area contributed by atoms with Crippen LogP contribution in [0.4, 0.5) is 17.5 Å². The lowest BCUT2D eigenvalue weighted by atomic mass is 9.99. The van der Waals surface area contributed by atoms with Gasteiger partial charge in [0.1, 0.15) is 5.82 Å². The second kappa shape index (κ2) is 10.3. The molecule has 5 aromatic rings. The number of nitrogens with zero attached hydrogens (tertiary/aromatic N) is 3. The molecule has 1 aromatic heterocycles. The number of rotatable bonds is 8. The third-order valence-electron chi connectivity index (χ3n) is 6.07. The molecular weight excluding hydrogens is 502 g/mol. The third-order valence-corrected chi connectivity index (χ3v) is 7.42. The summed E-state index contributed by atoms with van der Waals surface area (Å²) in [6.45, 7) is 1.95. The van der Waals surface area contributed by atoms with Gasteiger partial charge in [0.25, 0.3) is 15.7 Å². The summed E-state index contributed by atoms with van der Waals surface area (Å²) in [6.07, 6.45) is 1.43. The van der Waals surface area contributed by atoms with Gasteiger partial charge in [0.15, 0.2) is 0 Å². The summed E-state index contributed by atoms with van der Waals surface area (Å²) >= 11 is 0. The average Bonchev–Trinajstić information content (AvgIpc) is 2.93. The lowest BCUT2D eigenvalue weighted by molar-refractivity contribution is -0.385. The van der Waals surface area contributed by atoms with Crippen LogP contribution >= 0.6 is 0 Å². The Morgan fingerprint density at radius 1 is 0.842 bits per heavy atom. The maximum absolute atomic E-state index is 12.7. The Bertz CT molecular complexity index is 1740. The largest absolute Gasteiger partial charge is 0.348 e. The first kappa shape index (κ1) is 24.8. The Morgan fingerprint density at radius 2 is 1.58 bits per heavy atom. The van der Waals surface area contributed by atoms with Crippen molar-refractivity contribution < 1.29 is 13.3 Å². The Hall–Kier alpha value is -4.83. The smallest absolute Gasteiger partial charge is 0.270 e. The molecular formula is C28H23N5O4S. The highest BCUT2D eigenvalue weighted by molar-refractivity contribution is 7.92. The Balaban J connectivity index is 1.29. The summed E-state index contributed by atoms with van der Waals surface area (Å²) in [7, 11) is -4.08. The number of nitro benzene ring substituents is 1. The van der Waals surface area contributed by atoms with Crippen LogP contribution in [0.1, 0.15) is 18.5 Å². The predicted molar refractivity (Wildman–Crippen MR) is 147 cm³/mol. The monoisotopic (exact) mass is 525 g/mol. The summed E-state index contributed by atoms with van der Waals surface area (Å²) < 4.78 is 27.8. The van der Waals surface area contributed by atoms with Crippen molar-refractivity contribution in [3.05, 3.63) is 119 Å². The fourth-order valence-electron chi connectivity index (χ4n) is 4.06. The van der Waals surface area contributed by atoms with E-state index in [9.17, 15) is 18.5 Å². The third kappa shape index (κ3) is 5.45. The highest BCUT2D eigenvalue weighted by atomic mass is 32.2. The number of nitro groups is 1. The number of aromatic nitrogens is 2. The fraction of sp³-hybridized carbons (Fsp3) is 0.0714. The number of fused-ring (bicyclic) bond motifs is 1. The average molecular weight is 526 g/mol. The Kier molecular flexibility index (Phi) is 6.71. The van der Waals surface area contributed by atoms with Gasteiger partial charge in [-0.3, -0.25) is 14.8 Å². The molecule has 0 fully saturated rings. The van der Waals surface area contributed by atoms with Gasteiger partial charge in [-0.1, -0.05) is 66.7 Å². The van der Waals surface area contributed by atoms with Crippen LogP contribution in [-0.4, -0.2) is 23.3 Å². The van der Waals surface area contributed by atoms with Crippen LogP contribution in [0.3, 0.4) is 0 Å². The minimum absolute atomic E-state index is 0.0351. The topological polar surface area (TPSA) is 127 Å². The molecule has 0 saturated heterocycles. The molecule has 0 saturated carbocycles. The van der Waals surface area contributed by atoms with Crippen molar-refractivity contribution in [2.24, 2.45) is 0 Å². The fourth-order valence-corrected chi connectivity index (χ4v) is 5.10. The minimum Gasteiger partial charge on any atom is -0.348 e. The molecule has 9 nitrogen and oxygen atoms in total. The van der Waals surface area contributed by atoms with Gasteiger partial charge in [0.2, 0.25) is 5.95 Å². The number of hydrogen-bond acceptors (Lipinski definition) is 7.